The molecule has 3 rings (SSSR count). The molecule has 0 spiro atoms. The zero-order valence-corrected chi connectivity index (χ0v) is 9.96. The van der Waals surface area contributed by atoms with E-state index in [0.717, 1.165) is 6.42 Å². The first-order chi connectivity index (χ1) is 8.59. The highest BCUT2D eigenvalue weighted by Crippen LogP contribution is 2.62. The van der Waals surface area contributed by atoms with Crippen LogP contribution in [-0.4, -0.2) is 34.3 Å². The number of likely N-dealkylation sites (tertiary alicyclic amines) is 1. The van der Waals surface area contributed by atoms with E-state index in [4.69, 9.17) is 9.63 Å². The highest BCUT2D eigenvalue weighted by atomic mass is 16.5. The quantitative estimate of drug-likeness (QED) is 0.809. The Morgan fingerprint density at radius 2 is 2.50 bits per heavy atom. The Bertz CT molecular complexity index is 547. The average Bonchev–Trinajstić information content (AvgIpc) is 2.82. The first-order valence-corrected chi connectivity index (χ1v) is 5.92. The number of amides is 1. The van der Waals surface area contributed by atoms with Crippen molar-refractivity contribution in [3.8, 4) is 6.07 Å². The molecule has 1 aromatic rings. The van der Waals surface area contributed by atoms with E-state index in [-0.39, 0.29) is 11.8 Å². The van der Waals surface area contributed by atoms with E-state index in [9.17, 15) is 10.1 Å². The van der Waals surface area contributed by atoms with Crippen molar-refractivity contribution >= 4 is 6.09 Å². The second-order valence-corrected chi connectivity index (χ2v) is 5.03. The normalized spacial score (nSPS) is 33.7. The van der Waals surface area contributed by atoms with E-state index in [2.05, 4.69) is 11.2 Å². The fourth-order valence-electron chi connectivity index (χ4n) is 3.20. The van der Waals surface area contributed by atoms with Gasteiger partial charge in [-0.3, -0.25) is 0 Å². The van der Waals surface area contributed by atoms with Crippen LogP contribution in [0.25, 0.3) is 0 Å². The summed E-state index contributed by atoms with van der Waals surface area (Å²) in [6.45, 7) is 2.70. The van der Waals surface area contributed by atoms with Gasteiger partial charge >= 0.3 is 6.09 Å². The fraction of sp³-hybridized carbons (Fsp3) is 0.583. The van der Waals surface area contributed by atoms with Gasteiger partial charge in [-0.25, -0.2) is 4.79 Å². The topological polar surface area (TPSA) is 90.4 Å². The van der Waals surface area contributed by atoms with Gasteiger partial charge in [-0.05, 0) is 19.3 Å². The minimum Gasteiger partial charge on any atom is -0.465 e. The molecule has 2 aliphatic rings. The zero-order chi connectivity index (χ0) is 12.9. The first-order valence-electron chi connectivity index (χ1n) is 5.92. The SMILES string of the molecule is Cc1cc([C@@]2(C#N)[C@@H]3CCN(C(=O)O)C[C@@H]32)no1. The lowest BCUT2D eigenvalue weighted by Gasteiger charge is -2.22. The lowest BCUT2D eigenvalue weighted by Crippen LogP contribution is -2.35. The van der Waals surface area contributed by atoms with Crippen LogP contribution in [0.2, 0.25) is 0 Å². The van der Waals surface area contributed by atoms with Crippen LogP contribution < -0.4 is 0 Å². The number of piperidine rings is 1. The lowest BCUT2D eigenvalue weighted by molar-refractivity contribution is 0.133. The molecule has 1 aromatic heterocycles. The number of aryl methyl sites for hydroxylation is 1. The average molecular weight is 247 g/mol. The Morgan fingerprint density at radius 1 is 1.72 bits per heavy atom. The molecule has 1 aliphatic heterocycles. The molecule has 1 aliphatic carbocycles. The van der Waals surface area contributed by atoms with Gasteiger partial charge in [0.05, 0.1) is 6.07 Å². The highest BCUT2D eigenvalue weighted by molar-refractivity contribution is 5.65. The molecule has 94 valence electrons. The van der Waals surface area contributed by atoms with Gasteiger partial charge < -0.3 is 14.5 Å². The molecule has 1 amide bonds. The molecule has 0 unspecified atom stereocenters. The largest absolute Gasteiger partial charge is 0.465 e. The first kappa shape index (κ1) is 11.1. The number of nitrogens with zero attached hydrogens (tertiary/aromatic N) is 3. The lowest BCUT2D eigenvalue weighted by atomic mass is 9.98. The summed E-state index contributed by atoms with van der Waals surface area (Å²) in [6.07, 6.45) is -0.195. The van der Waals surface area contributed by atoms with E-state index >= 15 is 0 Å². The second kappa shape index (κ2) is 3.48. The van der Waals surface area contributed by atoms with Gasteiger partial charge in [-0.1, -0.05) is 5.16 Å². The summed E-state index contributed by atoms with van der Waals surface area (Å²) in [6, 6.07) is 4.13. The number of rotatable bonds is 1. The Morgan fingerprint density at radius 3 is 3.06 bits per heavy atom. The number of carboxylic acid groups (broad SMARTS) is 1. The van der Waals surface area contributed by atoms with Crippen molar-refractivity contribution in [2.75, 3.05) is 13.1 Å². The summed E-state index contributed by atoms with van der Waals surface area (Å²) in [5, 5.41) is 22.4. The molecule has 6 heteroatoms. The maximum atomic E-state index is 11.0. The van der Waals surface area contributed by atoms with Crippen molar-refractivity contribution in [2.45, 2.75) is 18.8 Å². The minimum absolute atomic E-state index is 0.0526. The Hall–Kier alpha value is -2.03. The summed E-state index contributed by atoms with van der Waals surface area (Å²) in [5.74, 6) is 0.942. The molecule has 1 saturated heterocycles. The van der Waals surface area contributed by atoms with Gasteiger partial charge in [0.2, 0.25) is 0 Å². The van der Waals surface area contributed by atoms with Crippen LogP contribution in [0.1, 0.15) is 17.9 Å². The molecule has 6 nitrogen and oxygen atoms in total. The maximum Gasteiger partial charge on any atom is 0.407 e. The van der Waals surface area contributed by atoms with E-state index < -0.39 is 11.5 Å². The molecule has 2 heterocycles. The highest BCUT2D eigenvalue weighted by Gasteiger charge is 2.69. The molecule has 18 heavy (non-hydrogen) atoms. The van der Waals surface area contributed by atoms with Crippen LogP contribution in [0, 0.1) is 30.1 Å². The molecule has 2 fully saturated rings. The summed E-state index contributed by atoms with van der Waals surface area (Å²) >= 11 is 0. The van der Waals surface area contributed by atoms with Gasteiger partial charge in [-0.15, -0.1) is 0 Å². The number of hydrogen-bond acceptors (Lipinski definition) is 4. The number of aromatic nitrogens is 1. The number of hydrogen-bond donors (Lipinski definition) is 1. The molecular weight excluding hydrogens is 234 g/mol. The summed E-state index contributed by atoms with van der Waals surface area (Å²) < 4.78 is 5.04. The van der Waals surface area contributed by atoms with E-state index in [1.54, 1.807) is 13.0 Å². The summed E-state index contributed by atoms with van der Waals surface area (Å²) in [7, 11) is 0. The van der Waals surface area contributed by atoms with Crippen LogP contribution in [0.3, 0.4) is 0 Å². The zero-order valence-electron chi connectivity index (χ0n) is 9.96. The maximum absolute atomic E-state index is 11.0. The standard InChI is InChI=1S/C12H13N3O3/c1-7-4-10(14-18-7)12(6-13)8-2-3-15(11(16)17)5-9(8)12/h4,8-9H,2-3,5H2,1H3,(H,16,17)/t8-,9+,12+/m1/s1. The van der Waals surface area contributed by atoms with Crippen molar-refractivity contribution in [3.63, 3.8) is 0 Å². The van der Waals surface area contributed by atoms with Crippen molar-refractivity contribution < 1.29 is 14.4 Å². The van der Waals surface area contributed by atoms with E-state index in [1.807, 2.05) is 0 Å². The van der Waals surface area contributed by atoms with Gasteiger partial charge in [-0.2, -0.15) is 5.26 Å². The van der Waals surface area contributed by atoms with Crippen LogP contribution in [0.5, 0.6) is 0 Å². The van der Waals surface area contributed by atoms with Crippen LogP contribution in [0.4, 0.5) is 4.79 Å². The van der Waals surface area contributed by atoms with E-state index in [1.165, 1.54) is 4.90 Å². The Labute approximate surface area is 104 Å². The van der Waals surface area contributed by atoms with Gasteiger partial charge in [0, 0.05) is 25.1 Å². The van der Waals surface area contributed by atoms with Gasteiger partial charge in [0.15, 0.2) is 0 Å². The van der Waals surface area contributed by atoms with E-state index in [0.29, 0.717) is 24.5 Å². The van der Waals surface area contributed by atoms with Crippen molar-refractivity contribution in [2.24, 2.45) is 11.8 Å². The molecule has 0 bridgehead atoms. The second-order valence-electron chi connectivity index (χ2n) is 5.03. The molecule has 0 radical (unpaired) electrons. The van der Waals surface area contributed by atoms with Crippen molar-refractivity contribution in [3.05, 3.63) is 17.5 Å². The third kappa shape index (κ3) is 1.27. The van der Waals surface area contributed by atoms with Gasteiger partial charge in [0.25, 0.3) is 0 Å². The molecule has 1 saturated carbocycles. The molecular formula is C12H13N3O3. The van der Waals surface area contributed by atoms with Gasteiger partial charge in [0.1, 0.15) is 16.9 Å². The predicted octanol–water partition coefficient (Wildman–Crippen LogP) is 1.37. The minimum atomic E-state index is -0.913. The summed E-state index contributed by atoms with van der Waals surface area (Å²) in [5.41, 5.74) is 0.0202. The summed E-state index contributed by atoms with van der Waals surface area (Å²) in [4.78, 5) is 12.3. The smallest absolute Gasteiger partial charge is 0.407 e. The fourth-order valence-corrected chi connectivity index (χ4v) is 3.20. The molecule has 3 atom stereocenters. The van der Waals surface area contributed by atoms with Crippen LogP contribution >= 0.6 is 0 Å². The number of nitriles is 1. The third-order valence-corrected chi connectivity index (χ3v) is 4.18. The Kier molecular flexibility index (Phi) is 2.14. The predicted molar refractivity (Wildman–Crippen MR) is 59.7 cm³/mol. The molecule has 0 aromatic carbocycles. The number of fused-ring (bicyclic) bond motifs is 1. The van der Waals surface area contributed by atoms with Crippen molar-refractivity contribution in [1.82, 2.24) is 10.1 Å². The third-order valence-electron chi connectivity index (χ3n) is 4.18. The Balaban J connectivity index is 1.89. The van der Waals surface area contributed by atoms with Crippen molar-refractivity contribution in [1.29, 1.82) is 5.26 Å². The van der Waals surface area contributed by atoms with Crippen LogP contribution in [0.15, 0.2) is 10.6 Å². The molecule has 1 N–H and O–H groups in total. The number of carbonyl (C=O) groups is 1. The van der Waals surface area contributed by atoms with Crippen LogP contribution in [-0.2, 0) is 5.41 Å². The monoisotopic (exact) mass is 247 g/mol.